The second-order valence-electron chi connectivity index (χ2n) is 6.55. The summed E-state index contributed by atoms with van der Waals surface area (Å²) in [5, 5.41) is 12.6. The van der Waals surface area contributed by atoms with Crippen LogP contribution in [-0.2, 0) is 5.75 Å². The smallest absolute Gasteiger partial charge is 0.273 e. The number of ether oxygens (including phenoxy) is 1. The van der Waals surface area contributed by atoms with Gasteiger partial charge in [-0.25, -0.2) is 4.98 Å². The Labute approximate surface area is 186 Å². The van der Waals surface area contributed by atoms with Gasteiger partial charge >= 0.3 is 0 Å². The van der Waals surface area contributed by atoms with Crippen molar-refractivity contribution in [3.63, 3.8) is 0 Å². The molecule has 0 fully saturated rings. The maximum Gasteiger partial charge on any atom is 0.273 e. The molecule has 0 N–H and O–H groups in total. The van der Waals surface area contributed by atoms with Gasteiger partial charge in [-0.1, -0.05) is 53.7 Å². The number of nitro benzene ring substituents is 1. The molecule has 7 nitrogen and oxygen atoms in total. The predicted octanol–water partition coefficient (Wildman–Crippen LogP) is 5.25. The van der Waals surface area contributed by atoms with Crippen molar-refractivity contribution in [2.24, 2.45) is 0 Å². The highest BCUT2D eigenvalue weighted by Crippen LogP contribution is 2.31. The molecular formula is C22H16ClN3O4S. The summed E-state index contributed by atoms with van der Waals surface area (Å²) in [6, 6.07) is 18.6. The SMILES string of the molecule is COc1ccc(-n2c(SCc3ccccc3[N+](=O)[O-])nc3ccccc3c2=O)cc1Cl. The van der Waals surface area contributed by atoms with Gasteiger partial charge < -0.3 is 4.74 Å². The van der Waals surface area contributed by atoms with Crippen LogP contribution in [0.4, 0.5) is 5.69 Å². The van der Waals surface area contributed by atoms with Crippen LogP contribution >= 0.6 is 23.4 Å². The van der Waals surface area contributed by atoms with E-state index >= 15 is 0 Å². The monoisotopic (exact) mass is 453 g/mol. The molecule has 0 bridgehead atoms. The van der Waals surface area contributed by atoms with Gasteiger partial charge in [-0.2, -0.15) is 0 Å². The molecule has 0 saturated heterocycles. The molecule has 9 heteroatoms. The maximum absolute atomic E-state index is 13.3. The molecule has 31 heavy (non-hydrogen) atoms. The zero-order valence-electron chi connectivity index (χ0n) is 16.3. The maximum atomic E-state index is 13.3. The molecule has 156 valence electrons. The van der Waals surface area contributed by atoms with Crippen molar-refractivity contribution in [1.82, 2.24) is 9.55 Å². The Morgan fingerprint density at radius 1 is 1.13 bits per heavy atom. The van der Waals surface area contributed by atoms with Crippen LogP contribution in [0.1, 0.15) is 5.56 Å². The Hall–Kier alpha value is -3.36. The largest absolute Gasteiger partial charge is 0.495 e. The zero-order chi connectivity index (χ0) is 22.0. The molecule has 1 heterocycles. The number of fused-ring (bicyclic) bond motifs is 1. The third-order valence-electron chi connectivity index (χ3n) is 4.68. The van der Waals surface area contributed by atoms with Gasteiger partial charge in [-0.05, 0) is 30.3 Å². The van der Waals surface area contributed by atoms with E-state index in [0.29, 0.717) is 38.1 Å². The van der Waals surface area contributed by atoms with Crippen LogP contribution < -0.4 is 10.3 Å². The van der Waals surface area contributed by atoms with Crippen LogP contribution in [0.5, 0.6) is 5.75 Å². The molecular weight excluding hydrogens is 438 g/mol. The van der Waals surface area contributed by atoms with E-state index in [4.69, 9.17) is 16.3 Å². The van der Waals surface area contributed by atoms with E-state index in [9.17, 15) is 14.9 Å². The van der Waals surface area contributed by atoms with Crippen LogP contribution in [0.25, 0.3) is 16.6 Å². The van der Waals surface area contributed by atoms with Gasteiger partial charge in [0, 0.05) is 17.4 Å². The minimum Gasteiger partial charge on any atom is -0.495 e. The average molecular weight is 454 g/mol. The highest BCUT2D eigenvalue weighted by molar-refractivity contribution is 7.98. The number of nitro groups is 1. The van der Waals surface area contributed by atoms with Crippen LogP contribution in [0.2, 0.25) is 5.02 Å². The van der Waals surface area contributed by atoms with Crippen molar-refractivity contribution in [2.75, 3.05) is 7.11 Å². The van der Waals surface area contributed by atoms with Crippen molar-refractivity contribution < 1.29 is 9.66 Å². The quantitative estimate of drug-likeness (QED) is 0.171. The molecule has 0 aliphatic heterocycles. The highest BCUT2D eigenvalue weighted by Gasteiger charge is 2.17. The van der Waals surface area contributed by atoms with Gasteiger partial charge in [0.2, 0.25) is 0 Å². The Kier molecular flexibility index (Phi) is 5.92. The molecule has 0 spiro atoms. The lowest BCUT2D eigenvalue weighted by atomic mass is 10.2. The molecule has 1 aromatic heterocycles. The molecule has 0 atom stereocenters. The number of hydrogen-bond donors (Lipinski definition) is 0. The van der Waals surface area contributed by atoms with Crippen LogP contribution in [0, 0.1) is 10.1 Å². The molecule has 3 aromatic carbocycles. The van der Waals surface area contributed by atoms with Crippen LogP contribution in [0.15, 0.2) is 76.7 Å². The summed E-state index contributed by atoms with van der Waals surface area (Å²) in [5.74, 6) is 0.757. The van der Waals surface area contributed by atoms with Gasteiger partial charge in [-0.3, -0.25) is 19.5 Å². The summed E-state index contributed by atoms with van der Waals surface area (Å²) in [6.07, 6.45) is 0. The zero-order valence-corrected chi connectivity index (χ0v) is 17.9. The first-order valence-corrected chi connectivity index (χ1v) is 10.6. The fourth-order valence-corrected chi connectivity index (χ4v) is 4.45. The molecule has 0 amide bonds. The Morgan fingerprint density at radius 3 is 2.61 bits per heavy atom. The van der Waals surface area contributed by atoms with Gasteiger partial charge in [-0.15, -0.1) is 0 Å². The third kappa shape index (κ3) is 4.12. The van der Waals surface area contributed by atoms with Crippen molar-refractivity contribution in [3.8, 4) is 11.4 Å². The second-order valence-corrected chi connectivity index (χ2v) is 7.90. The van der Waals surface area contributed by atoms with E-state index in [1.54, 1.807) is 60.7 Å². The summed E-state index contributed by atoms with van der Waals surface area (Å²) in [6.45, 7) is 0. The number of halogens is 1. The van der Waals surface area contributed by atoms with Crippen molar-refractivity contribution in [2.45, 2.75) is 10.9 Å². The van der Waals surface area contributed by atoms with Gasteiger partial charge in [0.1, 0.15) is 5.75 Å². The van der Waals surface area contributed by atoms with Gasteiger partial charge in [0.15, 0.2) is 5.16 Å². The summed E-state index contributed by atoms with van der Waals surface area (Å²) < 4.78 is 6.67. The van der Waals surface area contributed by atoms with Crippen LogP contribution in [-0.4, -0.2) is 21.6 Å². The Morgan fingerprint density at radius 2 is 1.87 bits per heavy atom. The fraction of sp³-hybridized carbons (Fsp3) is 0.0909. The minimum absolute atomic E-state index is 0.0252. The Balaban J connectivity index is 1.84. The number of para-hydroxylation sites is 2. The van der Waals surface area contributed by atoms with E-state index in [1.807, 2.05) is 0 Å². The third-order valence-corrected chi connectivity index (χ3v) is 5.97. The van der Waals surface area contributed by atoms with E-state index in [1.165, 1.54) is 29.5 Å². The van der Waals surface area contributed by atoms with E-state index < -0.39 is 4.92 Å². The molecule has 0 aliphatic carbocycles. The molecule has 0 unspecified atom stereocenters. The summed E-state index contributed by atoms with van der Waals surface area (Å²) in [7, 11) is 1.51. The van der Waals surface area contributed by atoms with E-state index in [2.05, 4.69) is 4.98 Å². The molecule has 0 saturated carbocycles. The molecule has 0 radical (unpaired) electrons. The van der Waals surface area contributed by atoms with E-state index in [-0.39, 0.29) is 17.0 Å². The minimum atomic E-state index is -0.417. The number of rotatable bonds is 6. The number of methoxy groups -OCH3 is 1. The summed E-state index contributed by atoms with van der Waals surface area (Å²) >= 11 is 7.53. The molecule has 4 aromatic rings. The number of hydrogen-bond acceptors (Lipinski definition) is 6. The number of thioether (sulfide) groups is 1. The summed E-state index contributed by atoms with van der Waals surface area (Å²) in [4.78, 5) is 28.9. The lowest BCUT2D eigenvalue weighted by Crippen LogP contribution is -2.21. The van der Waals surface area contributed by atoms with E-state index in [0.717, 1.165) is 0 Å². The lowest BCUT2D eigenvalue weighted by Gasteiger charge is -2.14. The standard InChI is InChI=1S/C22H16ClN3O4S/c1-30-20-11-10-15(12-17(20)23)25-21(27)16-7-3-4-8-18(16)24-22(25)31-13-14-6-2-5-9-19(14)26(28)29/h2-12H,13H2,1H3. The number of benzene rings is 3. The first-order chi connectivity index (χ1) is 15.0. The van der Waals surface area contributed by atoms with Crippen LogP contribution in [0.3, 0.4) is 0 Å². The fourth-order valence-electron chi connectivity index (χ4n) is 3.18. The predicted molar refractivity (Wildman–Crippen MR) is 122 cm³/mol. The normalized spacial score (nSPS) is 10.9. The van der Waals surface area contributed by atoms with Gasteiger partial charge in [0.05, 0.1) is 33.6 Å². The van der Waals surface area contributed by atoms with Gasteiger partial charge in [0.25, 0.3) is 11.2 Å². The second kappa shape index (κ2) is 8.79. The summed E-state index contributed by atoms with van der Waals surface area (Å²) in [5.41, 5.74) is 1.39. The molecule has 4 rings (SSSR count). The highest BCUT2D eigenvalue weighted by atomic mass is 35.5. The number of aromatic nitrogens is 2. The van der Waals surface area contributed by atoms with Crippen molar-refractivity contribution in [3.05, 3.63) is 97.8 Å². The first kappa shape index (κ1) is 20.9. The lowest BCUT2D eigenvalue weighted by molar-refractivity contribution is -0.385. The average Bonchev–Trinajstić information content (AvgIpc) is 2.78. The van der Waals surface area contributed by atoms with Crippen molar-refractivity contribution >= 4 is 40.0 Å². The first-order valence-electron chi connectivity index (χ1n) is 9.20. The topological polar surface area (TPSA) is 87.3 Å². The molecule has 0 aliphatic rings. The number of nitrogens with zero attached hydrogens (tertiary/aromatic N) is 3. The van der Waals surface area contributed by atoms with Crippen molar-refractivity contribution in [1.29, 1.82) is 0 Å². The Bertz CT molecular complexity index is 1360.